The fourth-order valence-corrected chi connectivity index (χ4v) is 6.39. The van der Waals surface area contributed by atoms with Crippen molar-refractivity contribution in [2.75, 3.05) is 23.9 Å². The van der Waals surface area contributed by atoms with Crippen LogP contribution in [-0.4, -0.2) is 29.9 Å². The van der Waals surface area contributed by atoms with Crippen LogP contribution in [0.15, 0.2) is 30.3 Å². The predicted molar refractivity (Wildman–Crippen MR) is 119 cm³/mol. The van der Waals surface area contributed by atoms with Crippen LogP contribution in [0.4, 0.5) is 5.69 Å². The fraction of sp³-hybridized carbons (Fsp3) is 0.750. The van der Waals surface area contributed by atoms with Crippen LogP contribution < -0.4 is 5.32 Å². The topological polar surface area (TPSA) is 30.5 Å². The van der Waals surface area contributed by atoms with Gasteiger partial charge in [-0.25, -0.2) is 0 Å². The molecule has 4 heteroatoms. The number of hydrogen-bond donors (Lipinski definition) is 1. The van der Waals surface area contributed by atoms with Gasteiger partial charge < -0.3 is 14.8 Å². The summed E-state index contributed by atoms with van der Waals surface area (Å²) in [6.07, 6.45) is 10.3. The number of hydrogen-bond acceptors (Lipinski definition) is 3. The van der Waals surface area contributed by atoms with E-state index in [2.05, 4.69) is 51.6 Å². The van der Waals surface area contributed by atoms with Gasteiger partial charge in [0.25, 0.3) is 0 Å². The summed E-state index contributed by atoms with van der Waals surface area (Å²) in [6.45, 7) is 5.82. The molecular formula is C24H36BrNO2. The van der Waals surface area contributed by atoms with Crippen molar-refractivity contribution in [3.63, 3.8) is 0 Å². The monoisotopic (exact) mass is 449 g/mol. The number of anilines is 1. The fourth-order valence-electron chi connectivity index (χ4n) is 6.00. The van der Waals surface area contributed by atoms with Gasteiger partial charge in [-0.05, 0) is 76.3 Å². The summed E-state index contributed by atoms with van der Waals surface area (Å²) >= 11 is 3.58. The molecule has 0 unspecified atom stereocenters. The quantitative estimate of drug-likeness (QED) is 0.386. The van der Waals surface area contributed by atoms with Gasteiger partial charge in [0.15, 0.2) is 5.79 Å². The molecule has 1 aromatic rings. The van der Waals surface area contributed by atoms with Crippen molar-refractivity contribution in [1.29, 1.82) is 0 Å². The van der Waals surface area contributed by atoms with E-state index in [0.29, 0.717) is 0 Å². The van der Waals surface area contributed by atoms with Gasteiger partial charge in [-0.15, -0.1) is 0 Å². The van der Waals surface area contributed by atoms with Crippen LogP contribution in [0.1, 0.15) is 65.2 Å². The summed E-state index contributed by atoms with van der Waals surface area (Å²) in [6, 6.07) is 10.8. The Bertz CT molecular complexity index is 621. The van der Waals surface area contributed by atoms with Gasteiger partial charge in [0.1, 0.15) is 0 Å². The molecule has 1 spiro atoms. The summed E-state index contributed by atoms with van der Waals surface area (Å²) in [7, 11) is 0. The van der Waals surface area contributed by atoms with E-state index < -0.39 is 5.79 Å². The molecule has 4 rings (SSSR count). The molecule has 1 heterocycles. The predicted octanol–water partition coefficient (Wildman–Crippen LogP) is 6.38. The van der Waals surface area contributed by atoms with Gasteiger partial charge in [0.2, 0.25) is 0 Å². The smallest absolute Gasteiger partial charge is 0.162 e. The Labute approximate surface area is 179 Å². The Morgan fingerprint density at radius 1 is 0.929 bits per heavy atom. The molecule has 2 saturated carbocycles. The Morgan fingerprint density at radius 2 is 1.57 bits per heavy atom. The Balaban J connectivity index is 1.42. The molecule has 0 radical (unpaired) electrons. The van der Waals surface area contributed by atoms with Crippen LogP contribution in [0, 0.1) is 17.3 Å². The highest BCUT2D eigenvalue weighted by Crippen LogP contribution is 2.58. The molecule has 1 N–H and O–H groups in total. The highest BCUT2D eigenvalue weighted by atomic mass is 79.9. The molecule has 3 nitrogen and oxygen atoms in total. The van der Waals surface area contributed by atoms with E-state index in [1.165, 1.54) is 57.1 Å². The molecule has 28 heavy (non-hydrogen) atoms. The lowest BCUT2D eigenvalue weighted by Gasteiger charge is -2.43. The molecule has 2 atom stereocenters. The van der Waals surface area contributed by atoms with Gasteiger partial charge in [-0.1, -0.05) is 47.0 Å². The minimum absolute atomic E-state index is 0.264. The van der Waals surface area contributed by atoms with Crippen LogP contribution in [0.3, 0.4) is 0 Å². The first-order valence-electron chi connectivity index (χ1n) is 11.1. The first kappa shape index (κ1) is 20.7. The Morgan fingerprint density at radius 3 is 2.18 bits per heavy atom. The zero-order valence-electron chi connectivity index (χ0n) is 17.5. The van der Waals surface area contributed by atoms with E-state index in [-0.39, 0.29) is 11.0 Å². The molecule has 0 aromatic heterocycles. The summed E-state index contributed by atoms with van der Waals surface area (Å²) in [5, 5.41) is 5.11. The molecule has 0 bridgehead atoms. The summed E-state index contributed by atoms with van der Waals surface area (Å²) in [5.74, 6) is 1.21. The third kappa shape index (κ3) is 4.60. The largest absolute Gasteiger partial charge is 0.380 e. The van der Waals surface area contributed by atoms with Gasteiger partial charge in [0.05, 0.1) is 13.2 Å². The van der Waals surface area contributed by atoms with Gasteiger partial charge >= 0.3 is 0 Å². The standard InChI is InChI=1S/C24H36BrNO2/c1-22(2)27-17-23(18-28-22)13-19-15-24(16-20(19)14-23,11-7-4-8-12-25)26-21-9-5-3-6-10-21/h3,5-6,9-10,19-20,26H,4,7-8,11-18H2,1-2H3/t19-,20-/m0/s1. The SMILES string of the molecule is CC1(C)OCC2(CO1)C[C@H]1CC(CCCCCBr)(Nc3ccccc3)C[C@@H]1C2. The number of fused-ring (bicyclic) bond motifs is 1. The highest BCUT2D eigenvalue weighted by molar-refractivity contribution is 9.09. The summed E-state index contributed by atoms with van der Waals surface area (Å²) < 4.78 is 12.1. The number of ether oxygens (including phenoxy) is 2. The van der Waals surface area contributed by atoms with Crippen LogP contribution >= 0.6 is 15.9 Å². The molecule has 156 valence electrons. The normalized spacial score (nSPS) is 29.7. The van der Waals surface area contributed by atoms with E-state index in [1.807, 2.05) is 13.8 Å². The van der Waals surface area contributed by atoms with Gasteiger partial charge in [0, 0.05) is 22.0 Å². The van der Waals surface area contributed by atoms with Crippen molar-refractivity contribution in [3.05, 3.63) is 30.3 Å². The van der Waals surface area contributed by atoms with E-state index in [4.69, 9.17) is 9.47 Å². The summed E-state index contributed by atoms with van der Waals surface area (Å²) in [4.78, 5) is 0. The van der Waals surface area contributed by atoms with E-state index >= 15 is 0 Å². The molecule has 1 saturated heterocycles. The molecule has 3 fully saturated rings. The van der Waals surface area contributed by atoms with Crippen molar-refractivity contribution in [2.45, 2.75) is 76.5 Å². The van der Waals surface area contributed by atoms with Crippen molar-refractivity contribution >= 4 is 21.6 Å². The summed E-state index contributed by atoms with van der Waals surface area (Å²) in [5.41, 5.74) is 1.81. The third-order valence-electron chi connectivity index (χ3n) is 7.29. The first-order chi connectivity index (χ1) is 13.4. The second-order valence-corrected chi connectivity index (χ2v) is 10.9. The van der Waals surface area contributed by atoms with Crippen LogP contribution in [0.5, 0.6) is 0 Å². The number of halogens is 1. The molecule has 1 aliphatic heterocycles. The average Bonchev–Trinajstić information content (AvgIpc) is 3.15. The average molecular weight is 450 g/mol. The van der Waals surface area contributed by atoms with Crippen molar-refractivity contribution in [1.82, 2.24) is 0 Å². The zero-order valence-corrected chi connectivity index (χ0v) is 19.1. The molecule has 3 aliphatic rings. The maximum atomic E-state index is 6.07. The van der Waals surface area contributed by atoms with Crippen molar-refractivity contribution < 1.29 is 9.47 Å². The maximum absolute atomic E-state index is 6.07. The number of alkyl halides is 1. The zero-order chi connectivity index (χ0) is 19.7. The van der Waals surface area contributed by atoms with Crippen molar-refractivity contribution in [2.24, 2.45) is 17.3 Å². The number of rotatable bonds is 7. The van der Waals surface area contributed by atoms with Gasteiger partial charge in [-0.3, -0.25) is 0 Å². The minimum Gasteiger partial charge on any atom is -0.380 e. The Kier molecular flexibility index (Phi) is 6.11. The van der Waals surface area contributed by atoms with E-state index in [1.54, 1.807) is 0 Å². The maximum Gasteiger partial charge on any atom is 0.162 e. The lowest BCUT2D eigenvalue weighted by Crippen LogP contribution is -2.46. The number of para-hydroxylation sites is 1. The Hall–Kier alpha value is -0.580. The lowest BCUT2D eigenvalue weighted by atomic mass is 9.80. The first-order valence-corrected chi connectivity index (χ1v) is 12.2. The van der Waals surface area contributed by atoms with Crippen molar-refractivity contribution in [3.8, 4) is 0 Å². The minimum atomic E-state index is -0.406. The second kappa shape index (κ2) is 8.28. The van der Waals surface area contributed by atoms with E-state index in [9.17, 15) is 0 Å². The van der Waals surface area contributed by atoms with E-state index in [0.717, 1.165) is 30.4 Å². The number of unbranched alkanes of at least 4 members (excludes halogenated alkanes) is 2. The van der Waals surface area contributed by atoms with Gasteiger partial charge in [-0.2, -0.15) is 0 Å². The third-order valence-corrected chi connectivity index (χ3v) is 7.85. The van der Waals surface area contributed by atoms with Crippen LogP contribution in [0.2, 0.25) is 0 Å². The van der Waals surface area contributed by atoms with Crippen LogP contribution in [-0.2, 0) is 9.47 Å². The number of nitrogens with one attached hydrogen (secondary N) is 1. The molecule has 0 amide bonds. The highest BCUT2D eigenvalue weighted by Gasteiger charge is 2.56. The molecule has 1 aromatic carbocycles. The number of benzene rings is 1. The molecular weight excluding hydrogens is 414 g/mol. The van der Waals surface area contributed by atoms with Crippen LogP contribution in [0.25, 0.3) is 0 Å². The molecule has 2 aliphatic carbocycles. The second-order valence-electron chi connectivity index (χ2n) is 10.1. The lowest BCUT2D eigenvalue weighted by molar-refractivity contribution is -0.285.